The maximum absolute atomic E-state index is 12.4. The first-order valence-electron chi connectivity index (χ1n) is 7.87. The van der Waals surface area contributed by atoms with Crippen LogP contribution in [0.25, 0.3) is 0 Å². The molecular weight excluding hydrogens is 278 g/mol. The molecule has 0 bridgehead atoms. The van der Waals surface area contributed by atoms with Crippen molar-refractivity contribution in [3.63, 3.8) is 0 Å². The van der Waals surface area contributed by atoms with Crippen LogP contribution in [0, 0.1) is 12.8 Å². The van der Waals surface area contributed by atoms with Gasteiger partial charge in [-0.1, -0.05) is 0 Å². The molecule has 0 unspecified atom stereocenters. The molecule has 0 aromatic carbocycles. The van der Waals surface area contributed by atoms with E-state index >= 15 is 0 Å². The number of likely N-dealkylation sites (tertiary alicyclic amines) is 1. The van der Waals surface area contributed by atoms with Crippen molar-refractivity contribution in [2.24, 2.45) is 13.0 Å². The van der Waals surface area contributed by atoms with Gasteiger partial charge in [-0.15, -0.1) is 0 Å². The molecule has 6 heteroatoms. The topological polar surface area (TPSA) is 66.8 Å². The molecule has 1 aliphatic heterocycles. The van der Waals surface area contributed by atoms with Crippen LogP contribution < -0.4 is 0 Å². The lowest BCUT2D eigenvalue weighted by Gasteiger charge is -2.31. The molecule has 6 nitrogen and oxygen atoms in total. The van der Waals surface area contributed by atoms with E-state index in [4.69, 9.17) is 0 Å². The molecule has 22 heavy (non-hydrogen) atoms. The molecule has 1 aliphatic rings. The van der Waals surface area contributed by atoms with Gasteiger partial charge in [0.25, 0.3) is 0 Å². The van der Waals surface area contributed by atoms with Crippen LogP contribution in [0.3, 0.4) is 0 Å². The van der Waals surface area contributed by atoms with E-state index in [0.717, 1.165) is 49.4 Å². The van der Waals surface area contributed by atoms with Crippen LogP contribution in [0.15, 0.2) is 18.6 Å². The highest BCUT2D eigenvalue weighted by Crippen LogP contribution is 2.21. The van der Waals surface area contributed by atoms with Crippen molar-refractivity contribution in [3.05, 3.63) is 35.7 Å². The van der Waals surface area contributed by atoms with E-state index in [-0.39, 0.29) is 5.91 Å². The number of aromatic nitrogens is 4. The smallest absolute Gasteiger partial charge is 0.227 e. The number of carbonyl (C=O) groups is 1. The molecule has 3 rings (SSSR count). The van der Waals surface area contributed by atoms with Gasteiger partial charge in [0.1, 0.15) is 5.82 Å². The lowest BCUT2D eigenvalue weighted by Crippen LogP contribution is -2.39. The molecule has 0 spiro atoms. The maximum Gasteiger partial charge on any atom is 0.227 e. The summed E-state index contributed by atoms with van der Waals surface area (Å²) >= 11 is 0. The highest BCUT2D eigenvalue weighted by molar-refractivity contribution is 5.79. The largest absolute Gasteiger partial charge is 0.349 e. The maximum atomic E-state index is 12.4. The second-order valence-electron chi connectivity index (χ2n) is 6.15. The first-order valence-corrected chi connectivity index (χ1v) is 7.87. The summed E-state index contributed by atoms with van der Waals surface area (Å²) in [5.74, 6) is 1.89. The van der Waals surface area contributed by atoms with Crippen molar-refractivity contribution in [1.82, 2.24) is 24.6 Å². The van der Waals surface area contributed by atoms with Crippen molar-refractivity contribution in [3.8, 4) is 0 Å². The lowest BCUT2D eigenvalue weighted by atomic mass is 9.93. The SMILES string of the molecule is Cc1nn(C)cc1CC(=O)N1CCC(Cc2ncc[nH]2)CC1. The Morgan fingerprint density at radius 3 is 2.77 bits per heavy atom. The lowest BCUT2D eigenvalue weighted by molar-refractivity contribution is -0.131. The minimum Gasteiger partial charge on any atom is -0.349 e. The Balaban J connectivity index is 1.50. The number of imidazole rings is 1. The number of amides is 1. The van der Waals surface area contributed by atoms with Gasteiger partial charge >= 0.3 is 0 Å². The molecule has 0 aliphatic carbocycles. The molecule has 118 valence electrons. The predicted octanol–water partition coefficient (Wildman–Crippen LogP) is 1.48. The Kier molecular flexibility index (Phi) is 4.27. The van der Waals surface area contributed by atoms with E-state index < -0.39 is 0 Å². The van der Waals surface area contributed by atoms with E-state index in [1.165, 1.54) is 0 Å². The van der Waals surface area contributed by atoms with Crippen LogP contribution in [0.2, 0.25) is 0 Å². The number of rotatable bonds is 4. The standard InChI is InChI=1S/C16H23N5O/c1-12-14(11-20(2)19-12)10-16(22)21-7-3-13(4-8-21)9-15-17-5-6-18-15/h5-6,11,13H,3-4,7-10H2,1-2H3,(H,17,18). The van der Waals surface area contributed by atoms with Crippen molar-refractivity contribution in [1.29, 1.82) is 0 Å². The van der Waals surface area contributed by atoms with E-state index in [0.29, 0.717) is 12.3 Å². The van der Waals surface area contributed by atoms with Gasteiger partial charge in [0.15, 0.2) is 0 Å². The van der Waals surface area contributed by atoms with Gasteiger partial charge in [0.05, 0.1) is 12.1 Å². The fourth-order valence-corrected chi connectivity index (χ4v) is 3.17. The van der Waals surface area contributed by atoms with E-state index in [1.54, 1.807) is 10.9 Å². The Morgan fingerprint density at radius 1 is 1.41 bits per heavy atom. The fourth-order valence-electron chi connectivity index (χ4n) is 3.17. The normalized spacial score (nSPS) is 16.2. The van der Waals surface area contributed by atoms with Gasteiger partial charge in [0.2, 0.25) is 5.91 Å². The molecular formula is C16H23N5O. The Bertz CT molecular complexity index is 623. The molecule has 0 radical (unpaired) electrons. The summed E-state index contributed by atoms with van der Waals surface area (Å²) in [5.41, 5.74) is 1.98. The number of aromatic amines is 1. The fraction of sp³-hybridized carbons (Fsp3) is 0.562. The minimum atomic E-state index is 0.215. The first-order chi connectivity index (χ1) is 10.6. The van der Waals surface area contributed by atoms with Crippen molar-refractivity contribution >= 4 is 5.91 Å². The Morgan fingerprint density at radius 2 is 2.18 bits per heavy atom. The van der Waals surface area contributed by atoms with Gasteiger partial charge in [-0.05, 0) is 25.7 Å². The third-order valence-corrected chi connectivity index (χ3v) is 4.46. The zero-order valence-electron chi connectivity index (χ0n) is 13.2. The molecule has 1 fully saturated rings. The number of nitrogens with zero attached hydrogens (tertiary/aromatic N) is 4. The summed E-state index contributed by atoms with van der Waals surface area (Å²) in [6.45, 7) is 3.66. The number of nitrogens with one attached hydrogen (secondary N) is 1. The van der Waals surface area contributed by atoms with E-state index in [1.807, 2.05) is 31.3 Å². The van der Waals surface area contributed by atoms with Crippen molar-refractivity contribution < 1.29 is 4.79 Å². The quantitative estimate of drug-likeness (QED) is 0.930. The molecule has 0 saturated carbocycles. The van der Waals surface area contributed by atoms with Crippen LogP contribution in [0.4, 0.5) is 0 Å². The highest BCUT2D eigenvalue weighted by Gasteiger charge is 2.24. The summed E-state index contributed by atoms with van der Waals surface area (Å²) in [4.78, 5) is 21.9. The number of hydrogen-bond acceptors (Lipinski definition) is 3. The van der Waals surface area contributed by atoms with Gasteiger partial charge in [0, 0.05) is 50.7 Å². The van der Waals surface area contributed by atoms with Crippen LogP contribution >= 0.6 is 0 Å². The van der Waals surface area contributed by atoms with Gasteiger partial charge in [-0.3, -0.25) is 9.48 Å². The second-order valence-corrected chi connectivity index (χ2v) is 6.15. The Labute approximate surface area is 130 Å². The molecule has 2 aromatic heterocycles. The highest BCUT2D eigenvalue weighted by atomic mass is 16.2. The average molecular weight is 301 g/mol. The van der Waals surface area contributed by atoms with E-state index in [9.17, 15) is 4.79 Å². The molecule has 0 atom stereocenters. The van der Waals surface area contributed by atoms with Gasteiger partial charge in [-0.25, -0.2) is 4.98 Å². The molecule has 1 saturated heterocycles. The second kappa shape index (κ2) is 6.34. The monoisotopic (exact) mass is 301 g/mol. The van der Waals surface area contributed by atoms with Crippen LogP contribution in [-0.4, -0.2) is 43.6 Å². The van der Waals surface area contributed by atoms with Gasteiger partial charge < -0.3 is 9.88 Å². The van der Waals surface area contributed by atoms with Crippen LogP contribution in [0.5, 0.6) is 0 Å². The first kappa shape index (κ1) is 14.8. The average Bonchev–Trinajstić information content (AvgIpc) is 3.10. The summed E-state index contributed by atoms with van der Waals surface area (Å²) in [7, 11) is 1.89. The third kappa shape index (κ3) is 3.37. The number of aryl methyl sites for hydroxylation is 2. The number of H-pyrrole nitrogens is 1. The third-order valence-electron chi connectivity index (χ3n) is 4.46. The summed E-state index contributed by atoms with van der Waals surface area (Å²) in [5, 5.41) is 4.30. The van der Waals surface area contributed by atoms with E-state index in [2.05, 4.69) is 15.1 Å². The zero-order valence-corrected chi connectivity index (χ0v) is 13.2. The zero-order chi connectivity index (χ0) is 15.5. The predicted molar refractivity (Wildman–Crippen MR) is 83.2 cm³/mol. The molecule has 1 N–H and O–H groups in total. The Hall–Kier alpha value is -2.11. The molecule has 2 aromatic rings. The minimum absolute atomic E-state index is 0.215. The van der Waals surface area contributed by atoms with Gasteiger partial charge in [-0.2, -0.15) is 5.10 Å². The number of piperidine rings is 1. The summed E-state index contributed by atoms with van der Waals surface area (Å²) < 4.78 is 1.77. The number of carbonyl (C=O) groups excluding carboxylic acids is 1. The number of hydrogen-bond donors (Lipinski definition) is 1. The summed E-state index contributed by atoms with van der Waals surface area (Å²) in [6.07, 6.45) is 9.15. The van der Waals surface area contributed by atoms with Crippen molar-refractivity contribution in [2.75, 3.05) is 13.1 Å². The van der Waals surface area contributed by atoms with Crippen molar-refractivity contribution in [2.45, 2.75) is 32.6 Å². The van der Waals surface area contributed by atoms with Crippen LogP contribution in [-0.2, 0) is 24.7 Å². The molecule has 3 heterocycles. The summed E-state index contributed by atoms with van der Waals surface area (Å²) in [6, 6.07) is 0. The molecule has 1 amide bonds. The van der Waals surface area contributed by atoms with Crippen LogP contribution in [0.1, 0.15) is 29.9 Å².